The molecular weight excluding hydrogens is 275 g/mol. The van der Waals surface area contributed by atoms with Gasteiger partial charge >= 0.3 is 0 Å². The number of nitrogens with two attached hydrogens (primary N) is 1. The Morgan fingerprint density at radius 2 is 2.12 bits per heavy atom. The van der Waals surface area contributed by atoms with Crippen molar-refractivity contribution >= 4 is 27.5 Å². The van der Waals surface area contributed by atoms with Crippen LogP contribution in [0.3, 0.4) is 0 Å². The summed E-state index contributed by atoms with van der Waals surface area (Å²) < 4.78 is 14.0. The maximum absolute atomic E-state index is 13.4. The van der Waals surface area contributed by atoms with Crippen LogP contribution in [0, 0.1) is 11.7 Å². The molecule has 0 fully saturated rings. The maximum atomic E-state index is 13.4. The molecule has 3 nitrogen and oxygen atoms in total. The van der Waals surface area contributed by atoms with Gasteiger partial charge in [-0.25, -0.2) is 4.39 Å². The quantitative estimate of drug-likeness (QED) is 0.898. The Morgan fingerprint density at radius 1 is 1.50 bits per heavy atom. The molecule has 0 saturated heterocycles. The monoisotopic (exact) mass is 288 g/mol. The molecule has 0 heterocycles. The lowest BCUT2D eigenvalue weighted by atomic mass is 10.0. The van der Waals surface area contributed by atoms with Gasteiger partial charge in [0.2, 0.25) is 5.91 Å². The van der Waals surface area contributed by atoms with E-state index in [2.05, 4.69) is 21.2 Å². The lowest BCUT2D eigenvalue weighted by Crippen LogP contribution is -2.39. The Labute approximate surface area is 102 Å². The van der Waals surface area contributed by atoms with Gasteiger partial charge in [0.1, 0.15) is 5.82 Å². The zero-order valence-corrected chi connectivity index (χ0v) is 10.7. The van der Waals surface area contributed by atoms with Crippen molar-refractivity contribution in [1.82, 2.24) is 0 Å². The van der Waals surface area contributed by atoms with Crippen molar-refractivity contribution in [3.8, 4) is 0 Å². The SMILES string of the molecule is CC(C)[C@H](N)C(=O)Nc1ccc(Br)cc1F. The number of hydrogen-bond acceptors (Lipinski definition) is 2. The third-order valence-electron chi connectivity index (χ3n) is 2.21. The highest BCUT2D eigenvalue weighted by molar-refractivity contribution is 9.10. The van der Waals surface area contributed by atoms with Crippen LogP contribution in [-0.2, 0) is 4.79 Å². The second-order valence-corrected chi connectivity index (χ2v) is 4.80. The van der Waals surface area contributed by atoms with Crippen LogP contribution in [0.2, 0.25) is 0 Å². The zero-order chi connectivity index (χ0) is 12.3. The highest BCUT2D eigenvalue weighted by Crippen LogP contribution is 2.19. The first-order valence-corrected chi connectivity index (χ1v) is 5.72. The second-order valence-electron chi connectivity index (χ2n) is 3.88. The van der Waals surface area contributed by atoms with Crippen molar-refractivity contribution in [3.63, 3.8) is 0 Å². The van der Waals surface area contributed by atoms with Gasteiger partial charge in [-0.3, -0.25) is 4.79 Å². The summed E-state index contributed by atoms with van der Waals surface area (Å²) in [5.74, 6) is -0.853. The van der Waals surface area contributed by atoms with Gasteiger partial charge in [0.25, 0.3) is 0 Å². The van der Waals surface area contributed by atoms with E-state index in [1.807, 2.05) is 13.8 Å². The first kappa shape index (κ1) is 13.1. The molecule has 16 heavy (non-hydrogen) atoms. The molecule has 0 unspecified atom stereocenters. The predicted molar refractivity (Wildman–Crippen MR) is 65.5 cm³/mol. The van der Waals surface area contributed by atoms with E-state index >= 15 is 0 Å². The molecule has 0 bridgehead atoms. The van der Waals surface area contributed by atoms with E-state index in [0.717, 1.165) is 0 Å². The molecule has 0 aliphatic heterocycles. The molecule has 1 rings (SSSR count). The minimum absolute atomic E-state index is 0.0125. The number of rotatable bonds is 3. The zero-order valence-electron chi connectivity index (χ0n) is 9.13. The van der Waals surface area contributed by atoms with Crippen LogP contribution < -0.4 is 11.1 Å². The lowest BCUT2D eigenvalue weighted by Gasteiger charge is -2.15. The van der Waals surface area contributed by atoms with Gasteiger partial charge in [0.15, 0.2) is 0 Å². The van der Waals surface area contributed by atoms with Gasteiger partial charge in [-0.05, 0) is 24.1 Å². The summed E-state index contributed by atoms with van der Waals surface area (Å²) in [4.78, 5) is 11.6. The van der Waals surface area contributed by atoms with Gasteiger partial charge in [-0.2, -0.15) is 0 Å². The molecule has 0 radical (unpaired) electrons. The second kappa shape index (κ2) is 5.41. The van der Waals surface area contributed by atoms with E-state index in [1.54, 1.807) is 6.07 Å². The van der Waals surface area contributed by atoms with Crippen LogP contribution in [0.1, 0.15) is 13.8 Å². The number of carbonyl (C=O) groups excluding carboxylic acids is 1. The summed E-state index contributed by atoms with van der Waals surface area (Å²) in [5, 5.41) is 2.46. The molecular formula is C11H14BrFN2O. The van der Waals surface area contributed by atoms with Crippen molar-refractivity contribution in [2.24, 2.45) is 11.7 Å². The minimum atomic E-state index is -0.636. The maximum Gasteiger partial charge on any atom is 0.241 e. The number of carbonyl (C=O) groups is 1. The number of amides is 1. The van der Waals surface area contributed by atoms with Crippen LogP contribution in [0.4, 0.5) is 10.1 Å². The Bertz CT molecular complexity index is 396. The van der Waals surface area contributed by atoms with Crippen molar-refractivity contribution in [1.29, 1.82) is 0 Å². The Kier molecular flexibility index (Phi) is 4.44. The van der Waals surface area contributed by atoms with Crippen LogP contribution >= 0.6 is 15.9 Å². The number of halogens is 2. The molecule has 0 saturated carbocycles. The summed E-state index contributed by atoms with van der Waals surface area (Å²) in [6.07, 6.45) is 0. The van der Waals surface area contributed by atoms with Crippen LogP contribution in [-0.4, -0.2) is 11.9 Å². The molecule has 1 atom stereocenters. The molecule has 1 aromatic carbocycles. The number of benzene rings is 1. The normalized spacial score (nSPS) is 12.6. The summed E-state index contributed by atoms with van der Waals surface area (Å²) in [6.45, 7) is 3.67. The standard InChI is InChI=1S/C11H14BrFN2O/c1-6(2)10(14)11(16)15-9-4-3-7(12)5-8(9)13/h3-6,10H,14H2,1-2H3,(H,15,16)/t10-/m0/s1. The molecule has 5 heteroatoms. The molecule has 1 aromatic rings. The van der Waals surface area contributed by atoms with Crippen molar-refractivity contribution < 1.29 is 9.18 Å². The average molecular weight is 289 g/mol. The summed E-state index contributed by atoms with van der Waals surface area (Å²) in [6, 6.07) is 3.79. The summed E-state index contributed by atoms with van der Waals surface area (Å²) in [5.41, 5.74) is 5.79. The third kappa shape index (κ3) is 3.28. The van der Waals surface area contributed by atoms with Crippen LogP contribution in [0.15, 0.2) is 22.7 Å². The van der Waals surface area contributed by atoms with Gasteiger partial charge in [-0.15, -0.1) is 0 Å². The van der Waals surface area contributed by atoms with Crippen molar-refractivity contribution in [2.45, 2.75) is 19.9 Å². The fourth-order valence-corrected chi connectivity index (χ4v) is 1.44. The van der Waals surface area contributed by atoms with E-state index in [-0.39, 0.29) is 17.5 Å². The molecule has 0 aliphatic rings. The minimum Gasteiger partial charge on any atom is -0.322 e. The van der Waals surface area contributed by atoms with E-state index < -0.39 is 11.9 Å². The number of nitrogens with one attached hydrogen (secondary N) is 1. The predicted octanol–water partition coefficient (Wildman–Crippen LogP) is 2.51. The van der Waals surface area contributed by atoms with Crippen LogP contribution in [0.5, 0.6) is 0 Å². The summed E-state index contributed by atoms with van der Waals surface area (Å²) in [7, 11) is 0. The Balaban J connectivity index is 2.77. The molecule has 1 amide bonds. The molecule has 0 spiro atoms. The smallest absolute Gasteiger partial charge is 0.241 e. The molecule has 0 aromatic heterocycles. The Hall–Kier alpha value is -0.940. The number of hydrogen-bond donors (Lipinski definition) is 2. The fourth-order valence-electron chi connectivity index (χ4n) is 1.11. The summed E-state index contributed by atoms with van der Waals surface area (Å²) >= 11 is 3.14. The largest absolute Gasteiger partial charge is 0.322 e. The van der Waals surface area contributed by atoms with Gasteiger partial charge in [-0.1, -0.05) is 29.8 Å². The van der Waals surface area contributed by atoms with Crippen molar-refractivity contribution in [3.05, 3.63) is 28.5 Å². The van der Waals surface area contributed by atoms with Gasteiger partial charge < -0.3 is 11.1 Å². The highest BCUT2D eigenvalue weighted by atomic mass is 79.9. The van der Waals surface area contributed by atoms with E-state index in [0.29, 0.717) is 4.47 Å². The third-order valence-corrected chi connectivity index (χ3v) is 2.70. The van der Waals surface area contributed by atoms with Gasteiger partial charge in [0.05, 0.1) is 11.7 Å². The Morgan fingerprint density at radius 3 is 2.62 bits per heavy atom. The number of anilines is 1. The van der Waals surface area contributed by atoms with E-state index in [4.69, 9.17) is 5.73 Å². The topological polar surface area (TPSA) is 55.1 Å². The molecule has 3 N–H and O–H groups in total. The van der Waals surface area contributed by atoms with E-state index in [1.165, 1.54) is 12.1 Å². The molecule has 88 valence electrons. The van der Waals surface area contributed by atoms with E-state index in [9.17, 15) is 9.18 Å². The van der Waals surface area contributed by atoms with Crippen LogP contribution in [0.25, 0.3) is 0 Å². The van der Waals surface area contributed by atoms with Crippen molar-refractivity contribution in [2.75, 3.05) is 5.32 Å². The van der Waals surface area contributed by atoms with Gasteiger partial charge in [0, 0.05) is 4.47 Å². The first-order chi connectivity index (χ1) is 7.41. The average Bonchev–Trinajstić information content (AvgIpc) is 2.20. The highest BCUT2D eigenvalue weighted by Gasteiger charge is 2.18. The first-order valence-electron chi connectivity index (χ1n) is 4.93. The lowest BCUT2D eigenvalue weighted by molar-refractivity contribution is -0.118. The molecule has 0 aliphatic carbocycles. The fraction of sp³-hybridized carbons (Fsp3) is 0.364.